The second-order valence-electron chi connectivity index (χ2n) is 6.26. The molecule has 0 radical (unpaired) electrons. The number of anilines is 2. The summed E-state index contributed by atoms with van der Waals surface area (Å²) in [6.45, 7) is 9.45. The lowest BCUT2D eigenvalue weighted by molar-refractivity contribution is -0.114. The largest absolute Gasteiger partial charge is 0.376 e. The number of benzene rings is 2. The van der Waals surface area contributed by atoms with Crippen LogP contribution in [0, 0.1) is 13.8 Å². The number of nitrogens with zero attached hydrogens (tertiary/aromatic N) is 1. The first kappa shape index (κ1) is 19.5. The molecule has 2 amide bonds. The highest BCUT2D eigenvalue weighted by molar-refractivity contribution is 5.96. The molecule has 5 heteroatoms. The fraction of sp³-hybridized carbons (Fsp3) is 0.333. The highest BCUT2D eigenvalue weighted by Crippen LogP contribution is 2.15. The molecule has 0 aliphatic heterocycles. The van der Waals surface area contributed by atoms with Gasteiger partial charge in [-0.05, 0) is 69.2 Å². The minimum absolute atomic E-state index is 0.00164. The fourth-order valence-corrected chi connectivity index (χ4v) is 2.66. The maximum Gasteiger partial charge on any atom is 0.253 e. The van der Waals surface area contributed by atoms with Gasteiger partial charge in [-0.25, -0.2) is 0 Å². The number of hydrogen-bond donors (Lipinski definition) is 2. The number of rotatable bonds is 7. The van der Waals surface area contributed by atoms with E-state index < -0.39 is 0 Å². The van der Waals surface area contributed by atoms with Gasteiger partial charge < -0.3 is 15.5 Å². The van der Waals surface area contributed by atoms with Crippen LogP contribution in [-0.2, 0) is 4.79 Å². The van der Waals surface area contributed by atoms with E-state index in [4.69, 9.17) is 0 Å². The Morgan fingerprint density at radius 3 is 2.31 bits per heavy atom. The molecule has 0 aromatic heterocycles. The molecule has 0 bridgehead atoms. The van der Waals surface area contributed by atoms with E-state index >= 15 is 0 Å². The van der Waals surface area contributed by atoms with Crippen molar-refractivity contribution in [3.8, 4) is 0 Å². The molecule has 0 fully saturated rings. The first-order chi connectivity index (χ1) is 12.4. The van der Waals surface area contributed by atoms with E-state index in [2.05, 4.69) is 10.6 Å². The van der Waals surface area contributed by atoms with Crippen LogP contribution in [0.3, 0.4) is 0 Å². The Labute approximate surface area is 155 Å². The highest BCUT2D eigenvalue weighted by atomic mass is 16.2. The quantitative estimate of drug-likeness (QED) is 0.795. The van der Waals surface area contributed by atoms with Crippen molar-refractivity contribution in [1.82, 2.24) is 4.90 Å². The molecular weight excluding hydrogens is 326 g/mol. The summed E-state index contributed by atoms with van der Waals surface area (Å²) in [4.78, 5) is 26.3. The van der Waals surface area contributed by atoms with Gasteiger partial charge >= 0.3 is 0 Å². The topological polar surface area (TPSA) is 61.4 Å². The third-order valence-corrected chi connectivity index (χ3v) is 4.40. The Morgan fingerprint density at radius 1 is 0.923 bits per heavy atom. The second kappa shape index (κ2) is 9.04. The van der Waals surface area contributed by atoms with Crippen LogP contribution >= 0.6 is 0 Å². The van der Waals surface area contributed by atoms with Crippen LogP contribution in [0.5, 0.6) is 0 Å². The molecule has 2 N–H and O–H groups in total. The smallest absolute Gasteiger partial charge is 0.253 e. The lowest BCUT2D eigenvalue weighted by Crippen LogP contribution is -2.30. The molecule has 26 heavy (non-hydrogen) atoms. The van der Waals surface area contributed by atoms with Crippen molar-refractivity contribution in [3.05, 3.63) is 59.2 Å². The maximum atomic E-state index is 12.4. The van der Waals surface area contributed by atoms with Crippen molar-refractivity contribution in [2.75, 3.05) is 30.3 Å². The summed E-state index contributed by atoms with van der Waals surface area (Å²) in [7, 11) is 0. The molecule has 5 nitrogen and oxygen atoms in total. The third-order valence-electron chi connectivity index (χ3n) is 4.40. The predicted molar refractivity (Wildman–Crippen MR) is 107 cm³/mol. The van der Waals surface area contributed by atoms with E-state index in [0.717, 1.165) is 16.9 Å². The minimum Gasteiger partial charge on any atom is -0.376 e. The van der Waals surface area contributed by atoms with Crippen LogP contribution in [0.15, 0.2) is 42.5 Å². The van der Waals surface area contributed by atoms with Crippen molar-refractivity contribution in [2.45, 2.75) is 27.7 Å². The van der Waals surface area contributed by atoms with Gasteiger partial charge in [0.1, 0.15) is 0 Å². The van der Waals surface area contributed by atoms with Crippen molar-refractivity contribution >= 4 is 23.2 Å². The molecule has 0 saturated heterocycles. The number of carbonyl (C=O) groups excluding carboxylic acids is 2. The molecule has 0 spiro atoms. The summed E-state index contributed by atoms with van der Waals surface area (Å²) in [5.41, 5.74) is 4.48. The molecular formula is C21H27N3O2. The zero-order valence-electron chi connectivity index (χ0n) is 15.9. The molecule has 2 aromatic carbocycles. The summed E-state index contributed by atoms with van der Waals surface area (Å²) in [6, 6.07) is 13.1. The summed E-state index contributed by atoms with van der Waals surface area (Å²) in [6.07, 6.45) is 0. The van der Waals surface area contributed by atoms with Crippen molar-refractivity contribution in [2.24, 2.45) is 0 Å². The van der Waals surface area contributed by atoms with Crippen LogP contribution in [0.25, 0.3) is 0 Å². The lowest BCUT2D eigenvalue weighted by Gasteiger charge is -2.19. The summed E-state index contributed by atoms with van der Waals surface area (Å²) >= 11 is 0. The first-order valence-corrected chi connectivity index (χ1v) is 8.95. The zero-order valence-corrected chi connectivity index (χ0v) is 15.9. The maximum absolute atomic E-state index is 12.4. The minimum atomic E-state index is -0.131. The Balaban J connectivity index is 1.96. The van der Waals surface area contributed by atoms with Gasteiger partial charge in [0.15, 0.2) is 0 Å². The van der Waals surface area contributed by atoms with Crippen LogP contribution in [-0.4, -0.2) is 36.3 Å². The predicted octanol–water partition coefficient (Wildman–Crippen LogP) is 3.84. The molecule has 0 aliphatic carbocycles. The van der Waals surface area contributed by atoms with Crippen molar-refractivity contribution in [1.29, 1.82) is 0 Å². The first-order valence-electron chi connectivity index (χ1n) is 8.95. The van der Waals surface area contributed by atoms with E-state index in [9.17, 15) is 9.59 Å². The van der Waals surface area contributed by atoms with Crippen molar-refractivity contribution in [3.63, 3.8) is 0 Å². The van der Waals surface area contributed by atoms with Gasteiger partial charge in [-0.1, -0.05) is 12.1 Å². The van der Waals surface area contributed by atoms with E-state index in [1.54, 1.807) is 17.0 Å². The number of amides is 2. The molecule has 2 aromatic rings. The van der Waals surface area contributed by atoms with Crippen LogP contribution in [0.1, 0.15) is 35.3 Å². The third kappa shape index (κ3) is 5.09. The van der Waals surface area contributed by atoms with E-state index in [0.29, 0.717) is 18.7 Å². The SMILES string of the molecule is CCN(CC)C(=O)c1cccc(NCC(=O)Nc2ccc(C)c(C)c2)c1. The molecule has 0 unspecified atom stereocenters. The Kier molecular flexibility index (Phi) is 6.78. The summed E-state index contributed by atoms with van der Waals surface area (Å²) in [5.74, 6) is -0.132. The number of hydrogen-bond acceptors (Lipinski definition) is 3. The lowest BCUT2D eigenvalue weighted by atomic mass is 10.1. The zero-order chi connectivity index (χ0) is 19.1. The Hall–Kier alpha value is -2.82. The number of nitrogens with one attached hydrogen (secondary N) is 2. The molecule has 0 aliphatic rings. The fourth-order valence-electron chi connectivity index (χ4n) is 2.66. The van der Waals surface area contributed by atoms with Gasteiger partial charge in [0.2, 0.25) is 5.91 Å². The Bertz CT molecular complexity index is 783. The average Bonchev–Trinajstić information content (AvgIpc) is 2.64. The van der Waals surface area contributed by atoms with E-state index in [1.165, 1.54) is 5.56 Å². The molecule has 0 saturated carbocycles. The van der Waals surface area contributed by atoms with Crippen molar-refractivity contribution < 1.29 is 9.59 Å². The van der Waals surface area contributed by atoms with Gasteiger partial charge in [-0.2, -0.15) is 0 Å². The summed E-state index contributed by atoms with van der Waals surface area (Å²) < 4.78 is 0. The van der Waals surface area contributed by atoms with Gasteiger partial charge in [0.05, 0.1) is 6.54 Å². The van der Waals surface area contributed by atoms with Gasteiger partial charge in [-0.15, -0.1) is 0 Å². The molecule has 0 atom stereocenters. The second-order valence-corrected chi connectivity index (χ2v) is 6.26. The van der Waals surface area contributed by atoms with Gasteiger partial charge in [-0.3, -0.25) is 9.59 Å². The molecule has 138 valence electrons. The number of aryl methyl sites for hydroxylation is 2. The molecule has 0 heterocycles. The van der Waals surface area contributed by atoms with E-state index in [1.807, 2.05) is 58.0 Å². The highest BCUT2D eigenvalue weighted by Gasteiger charge is 2.12. The van der Waals surface area contributed by atoms with E-state index in [-0.39, 0.29) is 18.4 Å². The molecule has 2 rings (SSSR count). The standard InChI is InChI=1S/C21H27N3O2/c1-5-24(6-2)21(26)17-8-7-9-18(13-17)22-14-20(25)23-19-11-10-15(3)16(4)12-19/h7-13,22H,5-6,14H2,1-4H3,(H,23,25). The van der Waals surface area contributed by atoms with Crippen LogP contribution in [0.2, 0.25) is 0 Å². The van der Waals surface area contributed by atoms with Gasteiger partial charge in [0, 0.05) is 30.0 Å². The summed E-state index contributed by atoms with van der Waals surface area (Å²) in [5, 5.41) is 5.96. The van der Waals surface area contributed by atoms with Crippen LogP contribution in [0.4, 0.5) is 11.4 Å². The number of carbonyl (C=O) groups is 2. The Morgan fingerprint density at radius 2 is 1.65 bits per heavy atom. The van der Waals surface area contributed by atoms with Gasteiger partial charge in [0.25, 0.3) is 5.91 Å². The monoisotopic (exact) mass is 353 g/mol. The normalized spacial score (nSPS) is 10.3. The van der Waals surface area contributed by atoms with Crippen LogP contribution < -0.4 is 10.6 Å². The average molecular weight is 353 g/mol.